The number of fused-ring (bicyclic) bond motifs is 2. The lowest BCUT2D eigenvalue weighted by atomic mass is 9.59. The quantitative estimate of drug-likeness (QED) is 0.401. The van der Waals surface area contributed by atoms with Gasteiger partial charge >= 0.3 is 0 Å². The average molecular weight is 498 g/mol. The number of hydrogen-bond donors (Lipinski definition) is 0. The van der Waals surface area contributed by atoms with Crippen molar-refractivity contribution in [3.63, 3.8) is 0 Å². The zero-order valence-corrected chi connectivity index (χ0v) is 21.1. The second-order valence-electron chi connectivity index (χ2n) is 9.89. The van der Waals surface area contributed by atoms with Gasteiger partial charge in [-0.2, -0.15) is 0 Å². The molecule has 3 fully saturated rings. The standard InChI is InChI=1S/C20H37BrNO6P/c1-17(2)24-12-19(13-25-17)8-7-9-20(14-26-18(3,4)28-16(19)20)15-27-29(6,23)22(5)11-10-21/h16H,7-15H2,1-6H3. The Morgan fingerprint density at radius 1 is 1.07 bits per heavy atom. The molecule has 0 radical (unpaired) electrons. The minimum atomic E-state index is -2.91. The van der Waals surface area contributed by atoms with Crippen molar-refractivity contribution in [1.29, 1.82) is 0 Å². The smallest absolute Gasteiger partial charge is 0.269 e. The van der Waals surface area contributed by atoms with Gasteiger partial charge in [0.2, 0.25) is 0 Å². The van der Waals surface area contributed by atoms with Crippen LogP contribution in [0.15, 0.2) is 0 Å². The topological polar surface area (TPSA) is 66.5 Å². The maximum atomic E-state index is 13.1. The average Bonchev–Trinajstić information content (AvgIpc) is 2.64. The van der Waals surface area contributed by atoms with Crippen molar-refractivity contribution in [3.8, 4) is 0 Å². The fourth-order valence-electron chi connectivity index (χ4n) is 4.59. The molecule has 170 valence electrons. The molecule has 3 unspecified atom stereocenters. The van der Waals surface area contributed by atoms with Gasteiger partial charge in [-0.3, -0.25) is 4.57 Å². The zero-order valence-electron chi connectivity index (χ0n) is 18.7. The summed E-state index contributed by atoms with van der Waals surface area (Å²) in [5.74, 6) is -1.27. The Labute approximate surface area is 183 Å². The summed E-state index contributed by atoms with van der Waals surface area (Å²) in [4.78, 5) is 0. The van der Waals surface area contributed by atoms with Crippen LogP contribution < -0.4 is 0 Å². The van der Waals surface area contributed by atoms with Crippen LogP contribution in [0.1, 0.15) is 47.0 Å². The number of rotatable bonds is 6. The van der Waals surface area contributed by atoms with Gasteiger partial charge in [0, 0.05) is 29.4 Å². The van der Waals surface area contributed by atoms with E-state index in [1.165, 1.54) is 0 Å². The third kappa shape index (κ3) is 5.11. The van der Waals surface area contributed by atoms with E-state index in [1.807, 2.05) is 34.7 Å². The number of nitrogens with zero attached hydrogens (tertiary/aromatic N) is 1. The van der Waals surface area contributed by atoms with Gasteiger partial charge in [0.25, 0.3) is 7.52 Å². The first-order chi connectivity index (χ1) is 13.4. The highest BCUT2D eigenvalue weighted by Gasteiger charge is 2.61. The maximum absolute atomic E-state index is 13.1. The Kier molecular flexibility index (Phi) is 7.01. The van der Waals surface area contributed by atoms with Crippen LogP contribution in [0.5, 0.6) is 0 Å². The first kappa shape index (κ1) is 24.1. The third-order valence-corrected chi connectivity index (χ3v) is 9.01. The Morgan fingerprint density at radius 2 is 1.69 bits per heavy atom. The summed E-state index contributed by atoms with van der Waals surface area (Å²) >= 11 is 3.41. The second-order valence-corrected chi connectivity index (χ2v) is 13.2. The van der Waals surface area contributed by atoms with E-state index in [9.17, 15) is 4.57 Å². The number of halogens is 1. The summed E-state index contributed by atoms with van der Waals surface area (Å²) in [7, 11) is -1.08. The van der Waals surface area contributed by atoms with E-state index >= 15 is 0 Å². The van der Waals surface area contributed by atoms with Crippen molar-refractivity contribution in [1.82, 2.24) is 4.67 Å². The molecule has 0 bridgehead atoms. The number of ether oxygens (including phenoxy) is 4. The van der Waals surface area contributed by atoms with Crippen LogP contribution in [0, 0.1) is 10.8 Å². The summed E-state index contributed by atoms with van der Waals surface area (Å²) < 4.78 is 45.8. The molecular weight excluding hydrogens is 461 g/mol. The molecule has 0 aromatic heterocycles. The van der Waals surface area contributed by atoms with Crippen molar-refractivity contribution < 1.29 is 28.0 Å². The van der Waals surface area contributed by atoms with Crippen LogP contribution in [0.2, 0.25) is 0 Å². The molecule has 3 aliphatic rings. The van der Waals surface area contributed by atoms with Crippen molar-refractivity contribution in [2.24, 2.45) is 10.8 Å². The molecule has 0 amide bonds. The molecule has 3 atom stereocenters. The Morgan fingerprint density at radius 3 is 2.31 bits per heavy atom. The van der Waals surface area contributed by atoms with Gasteiger partial charge in [-0.25, -0.2) is 4.67 Å². The molecule has 2 saturated heterocycles. The predicted molar refractivity (Wildman–Crippen MR) is 116 cm³/mol. The fraction of sp³-hybridized carbons (Fsp3) is 1.00. The molecule has 7 nitrogen and oxygen atoms in total. The summed E-state index contributed by atoms with van der Waals surface area (Å²) in [5.41, 5.74) is -0.624. The summed E-state index contributed by atoms with van der Waals surface area (Å²) in [5, 5.41) is 0.743. The normalized spacial score (nSPS) is 35.2. The molecule has 2 heterocycles. The number of alkyl halides is 1. The van der Waals surface area contributed by atoms with Crippen LogP contribution in [0.25, 0.3) is 0 Å². The number of hydrogen-bond acceptors (Lipinski definition) is 6. The van der Waals surface area contributed by atoms with Crippen molar-refractivity contribution in [2.45, 2.75) is 64.6 Å². The zero-order chi connectivity index (χ0) is 21.6. The SMILES string of the molecule is CN(CCBr)P(C)(=O)OCC12CCCC3(COC(C)(C)OC3)C1OC(C)(C)OC2. The molecule has 1 saturated carbocycles. The van der Waals surface area contributed by atoms with E-state index < -0.39 is 19.1 Å². The Bertz CT molecular complexity index is 634. The largest absolute Gasteiger partial charge is 0.350 e. The van der Waals surface area contributed by atoms with Crippen molar-refractivity contribution in [3.05, 3.63) is 0 Å². The first-order valence-corrected chi connectivity index (χ1v) is 13.6. The molecule has 2 aliphatic heterocycles. The van der Waals surface area contributed by atoms with E-state index in [2.05, 4.69) is 15.9 Å². The summed E-state index contributed by atoms with van der Waals surface area (Å²) in [6.07, 6.45) is 2.73. The molecular formula is C20H37BrNO6P. The molecule has 0 aromatic carbocycles. The van der Waals surface area contributed by atoms with E-state index in [0.29, 0.717) is 33.0 Å². The molecule has 1 aliphatic carbocycles. The van der Waals surface area contributed by atoms with Gasteiger partial charge in [0.15, 0.2) is 11.6 Å². The van der Waals surface area contributed by atoms with Crippen LogP contribution in [0.3, 0.4) is 0 Å². The molecule has 1 spiro atoms. The van der Waals surface area contributed by atoms with Crippen LogP contribution in [0.4, 0.5) is 0 Å². The van der Waals surface area contributed by atoms with Crippen molar-refractivity contribution >= 4 is 23.4 Å². The van der Waals surface area contributed by atoms with Gasteiger partial charge < -0.3 is 23.5 Å². The van der Waals surface area contributed by atoms with Gasteiger partial charge in [-0.1, -0.05) is 22.4 Å². The van der Waals surface area contributed by atoms with E-state index in [4.69, 9.17) is 23.5 Å². The van der Waals surface area contributed by atoms with E-state index in [0.717, 1.165) is 24.6 Å². The van der Waals surface area contributed by atoms with Gasteiger partial charge in [0.05, 0.1) is 32.5 Å². The van der Waals surface area contributed by atoms with E-state index in [-0.39, 0.29) is 16.9 Å². The molecule has 0 N–H and O–H groups in total. The first-order valence-electron chi connectivity index (χ1n) is 10.4. The summed E-state index contributed by atoms with van der Waals surface area (Å²) in [6, 6.07) is 0. The summed E-state index contributed by atoms with van der Waals surface area (Å²) in [6.45, 7) is 12.1. The second kappa shape index (κ2) is 8.43. The van der Waals surface area contributed by atoms with E-state index in [1.54, 1.807) is 11.3 Å². The highest BCUT2D eigenvalue weighted by Crippen LogP contribution is 2.57. The minimum Gasteiger partial charge on any atom is -0.350 e. The van der Waals surface area contributed by atoms with Crippen LogP contribution in [-0.4, -0.2) is 74.4 Å². The highest BCUT2D eigenvalue weighted by molar-refractivity contribution is 9.09. The maximum Gasteiger partial charge on any atom is 0.269 e. The van der Waals surface area contributed by atoms with Gasteiger partial charge in [0.1, 0.15) is 0 Å². The van der Waals surface area contributed by atoms with Crippen LogP contribution in [-0.2, 0) is 28.0 Å². The molecule has 0 aromatic rings. The van der Waals surface area contributed by atoms with Gasteiger partial charge in [-0.15, -0.1) is 0 Å². The Hall–Kier alpha value is 0.470. The monoisotopic (exact) mass is 497 g/mol. The minimum absolute atomic E-state index is 0.148. The third-order valence-electron chi connectivity index (χ3n) is 6.60. The van der Waals surface area contributed by atoms with Crippen molar-refractivity contribution in [2.75, 3.05) is 52.0 Å². The lowest BCUT2D eigenvalue weighted by molar-refractivity contribution is -0.385. The fourth-order valence-corrected chi connectivity index (χ4v) is 6.56. The highest BCUT2D eigenvalue weighted by atomic mass is 79.9. The molecule has 3 rings (SSSR count). The lowest BCUT2D eigenvalue weighted by Crippen LogP contribution is -2.67. The van der Waals surface area contributed by atoms with Gasteiger partial charge in [-0.05, 0) is 47.6 Å². The predicted octanol–water partition coefficient (Wildman–Crippen LogP) is 4.24. The molecule has 9 heteroatoms. The Balaban J connectivity index is 1.84. The molecule has 29 heavy (non-hydrogen) atoms. The lowest BCUT2D eigenvalue weighted by Gasteiger charge is -2.60. The van der Waals surface area contributed by atoms with Crippen LogP contribution >= 0.6 is 23.4 Å².